The zero-order chi connectivity index (χ0) is 10.3. The van der Waals surface area contributed by atoms with Gasteiger partial charge in [0.15, 0.2) is 0 Å². The number of esters is 1. The molecule has 0 rings (SSSR count). The summed E-state index contributed by atoms with van der Waals surface area (Å²) in [5, 5.41) is 8.35. The summed E-state index contributed by atoms with van der Waals surface area (Å²) in [6.45, 7) is 3.88. The standard InChI is InChI=1S/C9H16O4/c1-3-13-9(12)7(2)5-4-6-8(10)11/h7H,3-6H2,1-2H3,(H,10,11). The van der Waals surface area contributed by atoms with Gasteiger partial charge in [0.2, 0.25) is 0 Å². The van der Waals surface area contributed by atoms with Crippen molar-refractivity contribution in [2.45, 2.75) is 33.1 Å². The average Bonchev–Trinajstić information content (AvgIpc) is 2.04. The highest BCUT2D eigenvalue weighted by Gasteiger charge is 2.13. The van der Waals surface area contributed by atoms with E-state index in [1.807, 2.05) is 0 Å². The molecular weight excluding hydrogens is 172 g/mol. The Kier molecular flexibility index (Phi) is 5.93. The summed E-state index contributed by atoms with van der Waals surface area (Å²) in [5.74, 6) is -1.26. The van der Waals surface area contributed by atoms with Crippen molar-refractivity contribution in [1.29, 1.82) is 0 Å². The van der Waals surface area contributed by atoms with Gasteiger partial charge in [-0.15, -0.1) is 0 Å². The van der Waals surface area contributed by atoms with Gasteiger partial charge in [0.05, 0.1) is 12.5 Å². The van der Waals surface area contributed by atoms with Crippen LogP contribution in [0.2, 0.25) is 0 Å². The van der Waals surface area contributed by atoms with Gasteiger partial charge in [0, 0.05) is 6.42 Å². The summed E-state index contributed by atoms with van der Waals surface area (Å²) < 4.78 is 4.77. The van der Waals surface area contributed by atoms with Crippen LogP contribution in [0.15, 0.2) is 0 Å². The van der Waals surface area contributed by atoms with Gasteiger partial charge in [0.1, 0.15) is 0 Å². The summed E-state index contributed by atoms with van der Waals surface area (Å²) in [6.07, 6.45) is 1.21. The van der Waals surface area contributed by atoms with Crippen LogP contribution in [-0.2, 0) is 14.3 Å². The highest BCUT2D eigenvalue weighted by Crippen LogP contribution is 2.09. The Labute approximate surface area is 77.9 Å². The molecular formula is C9H16O4. The van der Waals surface area contributed by atoms with Crippen molar-refractivity contribution in [2.75, 3.05) is 6.61 Å². The van der Waals surface area contributed by atoms with Crippen molar-refractivity contribution in [2.24, 2.45) is 5.92 Å². The third-order valence-electron chi connectivity index (χ3n) is 1.72. The minimum atomic E-state index is -0.823. The molecule has 0 fully saturated rings. The minimum Gasteiger partial charge on any atom is -0.481 e. The van der Waals surface area contributed by atoms with E-state index in [1.165, 1.54) is 0 Å². The lowest BCUT2D eigenvalue weighted by atomic mass is 10.0. The zero-order valence-electron chi connectivity index (χ0n) is 8.08. The van der Waals surface area contributed by atoms with Crippen LogP contribution in [0.3, 0.4) is 0 Å². The van der Waals surface area contributed by atoms with Crippen LogP contribution in [0.25, 0.3) is 0 Å². The van der Waals surface area contributed by atoms with Gasteiger partial charge in [-0.05, 0) is 19.8 Å². The molecule has 1 unspecified atom stereocenters. The minimum absolute atomic E-state index is 0.115. The molecule has 0 aliphatic heterocycles. The zero-order valence-corrected chi connectivity index (χ0v) is 8.08. The van der Waals surface area contributed by atoms with Gasteiger partial charge in [-0.2, -0.15) is 0 Å². The lowest BCUT2D eigenvalue weighted by Gasteiger charge is -2.08. The second-order valence-corrected chi connectivity index (χ2v) is 2.94. The van der Waals surface area contributed by atoms with Crippen molar-refractivity contribution in [3.8, 4) is 0 Å². The normalized spacial score (nSPS) is 12.2. The average molecular weight is 188 g/mol. The lowest BCUT2D eigenvalue weighted by Crippen LogP contribution is -2.14. The van der Waals surface area contributed by atoms with E-state index >= 15 is 0 Å². The maximum atomic E-state index is 11.0. The maximum Gasteiger partial charge on any atom is 0.308 e. The Morgan fingerprint density at radius 3 is 2.54 bits per heavy atom. The Balaban J connectivity index is 3.55. The molecule has 0 heterocycles. The quantitative estimate of drug-likeness (QED) is 0.640. The molecule has 0 aromatic heterocycles. The number of carbonyl (C=O) groups excluding carboxylic acids is 1. The molecule has 0 saturated carbocycles. The van der Waals surface area contributed by atoms with Gasteiger partial charge < -0.3 is 9.84 Å². The first-order chi connectivity index (χ1) is 6.07. The van der Waals surface area contributed by atoms with E-state index in [0.717, 1.165) is 0 Å². The van der Waals surface area contributed by atoms with Crippen molar-refractivity contribution < 1.29 is 19.4 Å². The van der Waals surface area contributed by atoms with Crippen LogP contribution in [0.5, 0.6) is 0 Å². The molecule has 1 N–H and O–H groups in total. The van der Waals surface area contributed by atoms with Crippen molar-refractivity contribution in [1.82, 2.24) is 0 Å². The SMILES string of the molecule is CCOC(=O)C(C)CCCC(=O)O. The smallest absolute Gasteiger partial charge is 0.308 e. The topological polar surface area (TPSA) is 63.6 Å². The fourth-order valence-electron chi connectivity index (χ4n) is 0.962. The van der Waals surface area contributed by atoms with E-state index in [1.54, 1.807) is 13.8 Å². The lowest BCUT2D eigenvalue weighted by molar-refractivity contribution is -0.148. The van der Waals surface area contributed by atoms with Crippen LogP contribution in [0, 0.1) is 5.92 Å². The van der Waals surface area contributed by atoms with Gasteiger partial charge in [0.25, 0.3) is 0 Å². The Morgan fingerprint density at radius 2 is 2.08 bits per heavy atom. The fraction of sp³-hybridized carbons (Fsp3) is 0.778. The molecule has 4 heteroatoms. The van der Waals surface area contributed by atoms with Gasteiger partial charge in [-0.25, -0.2) is 0 Å². The Hall–Kier alpha value is -1.06. The number of aliphatic carboxylic acids is 1. The number of ether oxygens (including phenoxy) is 1. The Bertz CT molecular complexity index is 176. The number of rotatable bonds is 6. The van der Waals surface area contributed by atoms with Crippen molar-refractivity contribution in [3.63, 3.8) is 0 Å². The van der Waals surface area contributed by atoms with Crippen LogP contribution < -0.4 is 0 Å². The summed E-state index contributed by atoms with van der Waals surface area (Å²) in [4.78, 5) is 21.2. The summed E-state index contributed by atoms with van der Waals surface area (Å²) in [5.41, 5.74) is 0. The Morgan fingerprint density at radius 1 is 1.46 bits per heavy atom. The third-order valence-corrected chi connectivity index (χ3v) is 1.72. The van der Waals surface area contributed by atoms with Crippen molar-refractivity contribution >= 4 is 11.9 Å². The van der Waals surface area contributed by atoms with Gasteiger partial charge in [-0.1, -0.05) is 6.92 Å². The fourth-order valence-corrected chi connectivity index (χ4v) is 0.962. The molecule has 0 bridgehead atoms. The van der Waals surface area contributed by atoms with Gasteiger partial charge >= 0.3 is 11.9 Å². The number of carboxylic acid groups (broad SMARTS) is 1. The third kappa shape index (κ3) is 6.13. The predicted molar refractivity (Wildman–Crippen MR) is 47.3 cm³/mol. The van der Waals surface area contributed by atoms with E-state index in [4.69, 9.17) is 9.84 Å². The molecule has 0 radical (unpaired) electrons. The monoisotopic (exact) mass is 188 g/mol. The van der Waals surface area contributed by atoms with E-state index in [0.29, 0.717) is 19.4 Å². The molecule has 0 saturated heterocycles. The first-order valence-electron chi connectivity index (χ1n) is 4.46. The molecule has 1 atom stereocenters. The largest absolute Gasteiger partial charge is 0.481 e. The highest BCUT2D eigenvalue weighted by atomic mass is 16.5. The molecule has 13 heavy (non-hydrogen) atoms. The molecule has 76 valence electrons. The van der Waals surface area contributed by atoms with Crippen LogP contribution in [0.1, 0.15) is 33.1 Å². The first-order valence-corrected chi connectivity index (χ1v) is 4.46. The molecule has 0 spiro atoms. The maximum absolute atomic E-state index is 11.0. The highest BCUT2D eigenvalue weighted by molar-refractivity contribution is 5.72. The summed E-state index contributed by atoms with van der Waals surface area (Å²) in [6, 6.07) is 0. The van der Waals surface area contributed by atoms with Crippen molar-refractivity contribution in [3.05, 3.63) is 0 Å². The number of hydrogen-bond donors (Lipinski definition) is 1. The second kappa shape index (κ2) is 6.46. The second-order valence-electron chi connectivity index (χ2n) is 2.94. The van der Waals surface area contributed by atoms with E-state index < -0.39 is 5.97 Å². The number of carbonyl (C=O) groups is 2. The van der Waals surface area contributed by atoms with E-state index in [2.05, 4.69) is 0 Å². The molecule has 0 amide bonds. The number of hydrogen-bond acceptors (Lipinski definition) is 3. The van der Waals surface area contributed by atoms with Crippen LogP contribution in [-0.4, -0.2) is 23.7 Å². The molecule has 0 aromatic rings. The number of carboxylic acids is 1. The molecule has 0 aliphatic carbocycles. The summed E-state index contributed by atoms with van der Waals surface area (Å²) in [7, 11) is 0. The van der Waals surface area contributed by atoms with Crippen LogP contribution in [0.4, 0.5) is 0 Å². The predicted octanol–water partition coefficient (Wildman–Crippen LogP) is 1.44. The molecule has 4 nitrogen and oxygen atoms in total. The summed E-state index contributed by atoms with van der Waals surface area (Å²) >= 11 is 0. The van der Waals surface area contributed by atoms with Crippen LogP contribution >= 0.6 is 0 Å². The molecule has 0 aromatic carbocycles. The first kappa shape index (κ1) is 11.9. The molecule has 0 aliphatic rings. The van der Waals surface area contributed by atoms with E-state index in [-0.39, 0.29) is 18.3 Å². The van der Waals surface area contributed by atoms with Gasteiger partial charge in [-0.3, -0.25) is 9.59 Å². The van der Waals surface area contributed by atoms with E-state index in [9.17, 15) is 9.59 Å².